The molecule has 0 saturated carbocycles. The number of aromatic nitrogens is 2. The lowest BCUT2D eigenvalue weighted by atomic mass is 10.1. The number of rotatable bonds is 4. The first-order chi connectivity index (χ1) is 10.2. The fraction of sp³-hybridized carbons (Fsp3) is 0.200. The first kappa shape index (κ1) is 14.3. The number of anilines is 1. The number of benzene rings is 1. The third-order valence-corrected chi connectivity index (χ3v) is 4.81. The van der Waals surface area contributed by atoms with Crippen molar-refractivity contribution in [1.29, 1.82) is 0 Å². The van der Waals surface area contributed by atoms with Gasteiger partial charge in [-0.1, -0.05) is 12.1 Å². The summed E-state index contributed by atoms with van der Waals surface area (Å²) >= 11 is 5.10. The molecule has 0 fully saturated rings. The highest BCUT2D eigenvalue weighted by Gasteiger charge is 2.11. The van der Waals surface area contributed by atoms with Crippen molar-refractivity contribution in [3.63, 3.8) is 0 Å². The number of halogens is 1. The average molecular weight is 364 g/mol. The van der Waals surface area contributed by atoms with Gasteiger partial charge in [0.25, 0.3) is 0 Å². The molecule has 1 atom stereocenters. The summed E-state index contributed by atoms with van der Waals surface area (Å²) in [5.41, 5.74) is 1.18. The van der Waals surface area contributed by atoms with E-state index >= 15 is 0 Å². The predicted octanol–water partition coefficient (Wildman–Crippen LogP) is 4.64. The second-order valence-electron chi connectivity index (χ2n) is 4.63. The summed E-state index contributed by atoms with van der Waals surface area (Å²) in [6, 6.07) is 10.2. The summed E-state index contributed by atoms with van der Waals surface area (Å²) < 4.78 is 6.24. The van der Waals surface area contributed by atoms with Gasteiger partial charge >= 0.3 is 0 Å². The highest BCUT2D eigenvalue weighted by atomic mass is 79.9. The SMILES string of the molecule is COc1ccc(C(C)Nc2ncnc3sc(Br)cc23)cc1. The molecule has 0 amide bonds. The lowest BCUT2D eigenvalue weighted by molar-refractivity contribution is 0.414. The van der Waals surface area contributed by atoms with Gasteiger partial charge in [0.1, 0.15) is 22.7 Å². The lowest BCUT2D eigenvalue weighted by Crippen LogP contribution is -2.08. The van der Waals surface area contributed by atoms with Crippen molar-refractivity contribution in [3.8, 4) is 5.75 Å². The fourth-order valence-electron chi connectivity index (χ4n) is 2.12. The van der Waals surface area contributed by atoms with E-state index in [4.69, 9.17) is 4.74 Å². The summed E-state index contributed by atoms with van der Waals surface area (Å²) in [5.74, 6) is 1.71. The summed E-state index contributed by atoms with van der Waals surface area (Å²) in [4.78, 5) is 9.62. The molecule has 0 aliphatic carbocycles. The standard InChI is InChI=1S/C15H14BrN3OS/c1-9(10-3-5-11(20-2)6-4-10)19-14-12-7-13(16)21-15(12)18-8-17-14/h3-9H,1-2H3,(H,17,18,19). The Hall–Kier alpha value is -1.66. The molecule has 3 rings (SSSR count). The minimum absolute atomic E-state index is 0.146. The zero-order valence-corrected chi connectivity index (χ0v) is 14.0. The van der Waals surface area contributed by atoms with Gasteiger partial charge in [0, 0.05) is 6.04 Å². The van der Waals surface area contributed by atoms with Crippen LogP contribution in [0.1, 0.15) is 18.5 Å². The van der Waals surface area contributed by atoms with E-state index < -0.39 is 0 Å². The number of hydrogen-bond acceptors (Lipinski definition) is 5. The van der Waals surface area contributed by atoms with Crippen LogP contribution in [0, 0.1) is 0 Å². The summed E-state index contributed by atoms with van der Waals surface area (Å²) in [7, 11) is 1.67. The van der Waals surface area contributed by atoms with E-state index in [-0.39, 0.29) is 6.04 Å². The van der Waals surface area contributed by atoms with E-state index in [0.29, 0.717) is 0 Å². The second-order valence-corrected chi connectivity index (χ2v) is 7.04. The molecule has 0 aliphatic heterocycles. The lowest BCUT2D eigenvalue weighted by Gasteiger charge is -2.15. The first-order valence-corrected chi connectivity index (χ1v) is 8.09. The molecule has 1 unspecified atom stereocenters. The maximum absolute atomic E-state index is 5.18. The Balaban J connectivity index is 1.86. The third-order valence-electron chi connectivity index (χ3n) is 3.27. The second kappa shape index (κ2) is 5.99. The molecule has 0 spiro atoms. The Kier molecular flexibility index (Phi) is 4.07. The van der Waals surface area contributed by atoms with Gasteiger partial charge in [-0.2, -0.15) is 0 Å². The topological polar surface area (TPSA) is 47.0 Å². The largest absolute Gasteiger partial charge is 0.497 e. The van der Waals surface area contributed by atoms with Crippen molar-refractivity contribution >= 4 is 43.3 Å². The van der Waals surface area contributed by atoms with E-state index in [0.717, 1.165) is 25.6 Å². The van der Waals surface area contributed by atoms with E-state index in [1.165, 1.54) is 5.56 Å². The van der Waals surface area contributed by atoms with Crippen LogP contribution in [0.4, 0.5) is 5.82 Å². The Morgan fingerprint density at radius 1 is 1.24 bits per heavy atom. The van der Waals surface area contributed by atoms with Crippen LogP contribution in [-0.2, 0) is 0 Å². The minimum Gasteiger partial charge on any atom is -0.497 e. The monoisotopic (exact) mass is 363 g/mol. The molecule has 3 aromatic rings. The van der Waals surface area contributed by atoms with Crippen LogP contribution in [0.3, 0.4) is 0 Å². The molecule has 0 saturated heterocycles. The molecule has 1 N–H and O–H groups in total. The van der Waals surface area contributed by atoms with E-state index in [9.17, 15) is 0 Å². The van der Waals surface area contributed by atoms with Crippen molar-refractivity contribution in [2.75, 3.05) is 12.4 Å². The highest BCUT2D eigenvalue weighted by molar-refractivity contribution is 9.11. The van der Waals surface area contributed by atoms with Crippen LogP contribution >= 0.6 is 27.3 Å². The molecule has 0 radical (unpaired) electrons. The van der Waals surface area contributed by atoms with Gasteiger partial charge in [0.05, 0.1) is 16.3 Å². The van der Waals surface area contributed by atoms with Gasteiger partial charge in [-0.15, -0.1) is 11.3 Å². The molecule has 4 nitrogen and oxygen atoms in total. The maximum atomic E-state index is 5.18. The van der Waals surface area contributed by atoms with Gasteiger partial charge in [-0.25, -0.2) is 9.97 Å². The molecule has 2 heterocycles. The van der Waals surface area contributed by atoms with E-state index in [1.54, 1.807) is 24.8 Å². The normalized spacial score (nSPS) is 12.3. The van der Waals surface area contributed by atoms with Crippen molar-refractivity contribution in [3.05, 3.63) is 46.0 Å². The summed E-state index contributed by atoms with van der Waals surface area (Å²) in [6.45, 7) is 2.11. The highest BCUT2D eigenvalue weighted by Crippen LogP contribution is 2.33. The third kappa shape index (κ3) is 3.01. The number of nitrogens with one attached hydrogen (secondary N) is 1. The molecule has 108 valence electrons. The van der Waals surface area contributed by atoms with Gasteiger partial charge in [0.15, 0.2) is 0 Å². The molecular formula is C15H14BrN3OS. The van der Waals surface area contributed by atoms with Gasteiger partial charge in [-0.05, 0) is 46.6 Å². The van der Waals surface area contributed by atoms with Crippen molar-refractivity contribution in [2.24, 2.45) is 0 Å². The Morgan fingerprint density at radius 3 is 2.71 bits per heavy atom. The molecule has 6 heteroatoms. The maximum Gasteiger partial charge on any atom is 0.138 e. The van der Waals surface area contributed by atoms with Crippen molar-refractivity contribution < 1.29 is 4.74 Å². The van der Waals surface area contributed by atoms with Crippen molar-refractivity contribution in [1.82, 2.24) is 9.97 Å². The van der Waals surface area contributed by atoms with Crippen LogP contribution in [0.15, 0.2) is 40.4 Å². The number of thiophene rings is 1. The fourth-order valence-corrected chi connectivity index (χ4v) is 3.54. The van der Waals surface area contributed by atoms with Crippen molar-refractivity contribution in [2.45, 2.75) is 13.0 Å². The van der Waals surface area contributed by atoms with Crippen LogP contribution < -0.4 is 10.1 Å². The predicted molar refractivity (Wildman–Crippen MR) is 90.1 cm³/mol. The van der Waals surface area contributed by atoms with Crippen LogP contribution in [-0.4, -0.2) is 17.1 Å². The minimum atomic E-state index is 0.146. The van der Waals surface area contributed by atoms with Gasteiger partial charge in [0.2, 0.25) is 0 Å². The average Bonchev–Trinajstić information content (AvgIpc) is 2.88. The number of nitrogens with zero attached hydrogens (tertiary/aromatic N) is 2. The number of hydrogen-bond donors (Lipinski definition) is 1. The van der Waals surface area contributed by atoms with E-state index in [1.807, 2.05) is 18.2 Å². The Bertz CT molecular complexity index is 757. The van der Waals surface area contributed by atoms with E-state index in [2.05, 4.69) is 50.3 Å². The number of ether oxygens (including phenoxy) is 1. The molecule has 0 bridgehead atoms. The molecule has 2 aromatic heterocycles. The molecule has 1 aromatic carbocycles. The molecule has 21 heavy (non-hydrogen) atoms. The zero-order chi connectivity index (χ0) is 14.8. The Labute approximate surface area is 135 Å². The molecule has 0 aliphatic rings. The molecular weight excluding hydrogens is 350 g/mol. The number of methoxy groups -OCH3 is 1. The zero-order valence-electron chi connectivity index (χ0n) is 11.6. The van der Waals surface area contributed by atoms with Gasteiger partial charge < -0.3 is 10.1 Å². The van der Waals surface area contributed by atoms with Crippen LogP contribution in [0.5, 0.6) is 5.75 Å². The van der Waals surface area contributed by atoms with Crippen LogP contribution in [0.25, 0.3) is 10.2 Å². The first-order valence-electron chi connectivity index (χ1n) is 6.48. The summed E-state index contributed by atoms with van der Waals surface area (Å²) in [6.07, 6.45) is 1.59. The Morgan fingerprint density at radius 2 is 2.00 bits per heavy atom. The quantitative estimate of drug-likeness (QED) is 0.733. The number of fused-ring (bicyclic) bond motifs is 1. The summed E-state index contributed by atoms with van der Waals surface area (Å²) in [5, 5.41) is 4.48. The van der Waals surface area contributed by atoms with Crippen LogP contribution in [0.2, 0.25) is 0 Å². The van der Waals surface area contributed by atoms with Gasteiger partial charge in [-0.3, -0.25) is 0 Å². The smallest absolute Gasteiger partial charge is 0.138 e.